The van der Waals surface area contributed by atoms with Crippen molar-refractivity contribution in [3.8, 4) is 0 Å². The Kier molecular flexibility index (Phi) is 56.2. The number of rotatable bonds is 56. The summed E-state index contributed by atoms with van der Waals surface area (Å²) in [5, 5.41) is 0. The minimum Gasteiger partial charge on any atom is -0.462 e. The molecular formula is C63H116O6. The highest BCUT2D eigenvalue weighted by Gasteiger charge is 2.19. The molecule has 0 spiro atoms. The van der Waals surface area contributed by atoms with E-state index in [1.807, 2.05) is 0 Å². The number of esters is 3. The standard InChI is InChI=1S/C63H116O6/c1-4-7-10-13-16-19-22-25-26-27-28-29-30-31-32-33-34-35-36-37-39-41-44-47-50-53-56-62(65)68-59-60(58-67-61(64)55-52-49-46-43-40-24-21-18-15-12-9-6-3)69-63(66)57-54-51-48-45-42-38-23-20-17-14-11-8-5-2/h8,11,17,20,38,42,60H,4-7,9-10,12-16,18-19,21-37,39-41,43-59H2,1-3H3/b11-8-,20-17-,42-38-. The van der Waals surface area contributed by atoms with Gasteiger partial charge >= 0.3 is 17.9 Å². The van der Waals surface area contributed by atoms with Crippen LogP contribution >= 0.6 is 0 Å². The predicted molar refractivity (Wildman–Crippen MR) is 298 cm³/mol. The van der Waals surface area contributed by atoms with E-state index in [4.69, 9.17) is 14.2 Å². The lowest BCUT2D eigenvalue weighted by Crippen LogP contribution is -2.30. The molecule has 0 N–H and O–H groups in total. The van der Waals surface area contributed by atoms with Crippen molar-refractivity contribution in [2.45, 2.75) is 335 Å². The fourth-order valence-electron chi connectivity index (χ4n) is 9.11. The Morgan fingerprint density at radius 2 is 0.565 bits per heavy atom. The maximum Gasteiger partial charge on any atom is 0.306 e. The molecule has 0 aliphatic heterocycles. The highest BCUT2D eigenvalue weighted by Crippen LogP contribution is 2.18. The molecule has 0 aromatic heterocycles. The Morgan fingerprint density at radius 3 is 0.884 bits per heavy atom. The third-order valence-electron chi connectivity index (χ3n) is 13.7. The first kappa shape index (κ1) is 66.6. The Hall–Kier alpha value is -2.37. The van der Waals surface area contributed by atoms with Gasteiger partial charge in [0.1, 0.15) is 13.2 Å². The van der Waals surface area contributed by atoms with Crippen molar-refractivity contribution in [3.05, 3.63) is 36.5 Å². The minimum atomic E-state index is -0.783. The normalized spacial score (nSPS) is 12.2. The van der Waals surface area contributed by atoms with E-state index in [-0.39, 0.29) is 31.1 Å². The lowest BCUT2D eigenvalue weighted by atomic mass is 10.0. The van der Waals surface area contributed by atoms with E-state index < -0.39 is 6.10 Å². The summed E-state index contributed by atoms with van der Waals surface area (Å²) in [6.07, 6.45) is 70.2. The molecule has 0 heterocycles. The molecule has 0 fully saturated rings. The summed E-state index contributed by atoms with van der Waals surface area (Å²) in [6.45, 7) is 6.54. The second kappa shape index (κ2) is 58.2. The third-order valence-corrected chi connectivity index (χ3v) is 13.7. The SMILES string of the molecule is CC/C=C\C/C=C\C/C=C\CCCCCC(=O)OC(COC(=O)CCCCCCCCCCCCCC)COC(=O)CCCCCCCCCCCCCCCCCCCCCCCCCCCC. The number of allylic oxidation sites excluding steroid dienone is 6. The van der Waals surface area contributed by atoms with Crippen molar-refractivity contribution in [1.82, 2.24) is 0 Å². The molecule has 0 amide bonds. The maximum atomic E-state index is 12.8. The van der Waals surface area contributed by atoms with E-state index in [1.165, 1.54) is 205 Å². The van der Waals surface area contributed by atoms with Crippen LogP contribution in [-0.2, 0) is 28.6 Å². The van der Waals surface area contributed by atoms with Crippen LogP contribution < -0.4 is 0 Å². The van der Waals surface area contributed by atoms with Crippen LogP contribution in [0.15, 0.2) is 36.5 Å². The van der Waals surface area contributed by atoms with Gasteiger partial charge in [-0.25, -0.2) is 0 Å². The van der Waals surface area contributed by atoms with Crippen LogP contribution in [-0.4, -0.2) is 37.2 Å². The topological polar surface area (TPSA) is 78.9 Å². The number of unbranched alkanes of at least 4 members (excludes halogenated alkanes) is 39. The Morgan fingerprint density at radius 1 is 0.304 bits per heavy atom. The third kappa shape index (κ3) is 56.4. The second-order valence-corrected chi connectivity index (χ2v) is 20.6. The van der Waals surface area contributed by atoms with Gasteiger partial charge in [-0.15, -0.1) is 0 Å². The Labute approximate surface area is 429 Å². The highest BCUT2D eigenvalue weighted by atomic mass is 16.6. The summed E-state index contributed by atoms with van der Waals surface area (Å²) in [6, 6.07) is 0. The number of carbonyl (C=O) groups excluding carboxylic acids is 3. The van der Waals surface area contributed by atoms with Crippen molar-refractivity contribution in [1.29, 1.82) is 0 Å². The first-order valence-corrected chi connectivity index (χ1v) is 30.5. The molecule has 1 atom stereocenters. The van der Waals surface area contributed by atoms with Gasteiger partial charge in [0.05, 0.1) is 0 Å². The van der Waals surface area contributed by atoms with E-state index >= 15 is 0 Å². The van der Waals surface area contributed by atoms with Gasteiger partial charge in [0.15, 0.2) is 6.10 Å². The summed E-state index contributed by atoms with van der Waals surface area (Å²) >= 11 is 0. The molecule has 69 heavy (non-hydrogen) atoms. The molecule has 6 nitrogen and oxygen atoms in total. The summed E-state index contributed by atoms with van der Waals surface area (Å²) < 4.78 is 16.8. The molecule has 0 aromatic rings. The van der Waals surface area contributed by atoms with Crippen molar-refractivity contribution in [2.24, 2.45) is 0 Å². The van der Waals surface area contributed by atoms with Crippen LogP contribution in [0.4, 0.5) is 0 Å². The lowest BCUT2D eigenvalue weighted by Gasteiger charge is -2.18. The first-order valence-electron chi connectivity index (χ1n) is 30.5. The van der Waals surface area contributed by atoms with Crippen LogP contribution in [0.3, 0.4) is 0 Å². The molecule has 0 aliphatic carbocycles. The largest absolute Gasteiger partial charge is 0.462 e. The molecule has 0 rings (SSSR count). The van der Waals surface area contributed by atoms with Crippen LogP contribution in [0.25, 0.3) is 0 Å². The second-order valence-electron chi connectivity index (χ2n) is 20.6. The van der Waals surface area contributed by atoms with Crippen LogP contribution in [0.5, 0.6) is 0 Å². The maximum absolute atomic E-state index is 12.8. The number of carbonyl (C=O) groups is 3. The summed E-state index contributed by atoms with van der Waals surface area (Å²) in [7, 11) is 0. The fourth-order valence-corrected chi connectivity index (χ4v) is 9.11. The van der Waals surface area contributed by atoms with Gasteiger partial charge in [-0.3, -0.25) is 14.4 Å². The van der Waals surface area contributed by atoms with E-state index in [2.05, 4.69) is 57.2 Å². The Balaban J connectivity index is 4.17. The summed E-state index contributed by atoms with van der Waals surface area (Å²) in [4.78, 5) is 38.1. The zero-order valence-electron chi connectivity index (χ0n) is 46.3. The zero-order chi connectivity index (χ0) is 50.0. The van der Waals surface area contributed by atoms with Crippen molar-refractivity contribution in [2.75, 3.05) is 13.2 Å². The quantitative estimate of drug-likeness (QED) is 0.0261. The van der Waals surface area contributed by atoms with Gasteiger partial charge in [0.25, 0.3) is 0 Å². The monoisotopic (exact) mass is 969 g/mol. The molecule has 0 radical (unpaired) electrons. The van der Waals surface area contributed by atoms with Gasteiger partial charge in [-0.05, 0) is 51.4 Å². The van der Waals surface area contributed by atoms with E-state index in [0.29, 0.717) is 19.3 Å². The molecule has 0 saturated heterocycles. The molecule has 0 aliphatic rings. The lowest BCUT2D eigenvalue weighted by molar-refractivity contribution is -0.167. The summed E-state index contributed by atoms with van der Waals surface area (Å²) in [5.74, 6) is -0.890. The molecule has 6 heteroatoms. The molecule has 1 unspecified atom stereocenters. The molecule has 0 aromatic carbocycles. The Bertz CT molecular complexity index is 1160. The van der Waals surface area contributed by atoms with Crippen LogP contribution in [0, 0.1) is 0 Å². The van der Waals surface area contributed by atoms with Gasteiger partial charge in [-0.1, -0.05) is 295 Å². The smallest absolute Gasteiger partial charge is 0.306 e. The number of hydrogen-bond donors (Lipinski definition) is 0. The van der Waals surface area contributed by atoms with Crippen LogP contribution in [0.1, 0.15) is 329 Å². The average Bonchev–Trinajstić information content (AvgIpc) is 3.35. The molecular weight excluding hydrogens is 853 g/mol. The predicted octanol–water partition coefficient (Wildman–Crippen LogP) is 20.4. The number of hydrogen-bond acceptors (Lipinski definition) is 6. The van der Waals surface area contributed by atoms with Gasteiger partial charge < -0.3 is 14.2 Å². The van der Waals surface area contributed by atoms with Crippen molar-refractivity contribution in [3.63, 3.8) is 0 Å². The van der Waals surface area contributed by atoms with Gasteiger partial charge in [0.2, 0.25) is 0 Å². The van der Waals surface area contributed by atoms with E-state index in [1.54, 1.807) is 0 Å². The molecule has 0 saturated carbocycles. The van der Waals surface area contributed by atoms with Crippen molar-refractivity contribution >= 4 is 17.9 Å². The average molecular weight is 970 g/mol. The first-order chi connectivity index (χ1) is 34.0. The minimum absolute atomic E-state index is 0.0793. The van der Waals surface area contributed by atoms with E-state index in [9.17, 15) is 14.4 Å². The fraction of sp³-hybridized carbons (Fsp3) is 0.857. The van der Waals surface area contributed by atoms with Crippen LogP contribution in [0.2, 0.25) is 0 Å². The molecule has 0 bridgehead atoms. The molecule has 404 valence electrons. The van der Waals surface area contributed by atoms with E-state index in [0.717, 1.165) is 83.5 Å². The van der Waals surface area contributed by atoms with Gasteiger partial charge in [-0.2, -0.15) is 0 Å². The van der Waals surface area contributed by atoms with Gasteiger partial charge in [0, 0.05) is 19.3 Å². The zero-order valence-corrected chi connectivity index (χ0v) is 46.3. The summed E-state index contributed by atoms with van der Waals surface area (Å²) in [5.41, 5.74) is 0. The highest BCUT2D eigenvalue weighted by molar-refractivity contribution is 5.71. The van der Waals surface area contributed by atoms with Crippen molar-refractivity contribution < 1.29 is 28.6 Å². The number of ether oxygens (including phenoxy) is 3.